The molecule has 4 atom stereocenters. The Labute approximate surface area is 84.7 Å². The van der Waals surface area contributed by atoms with Gasteiger partial charge in [-0.05, 0) is 50.4 Å². The Morgan fingerprint density at radius 3 is 2.43 bits per heavy atom. The second-order valence-electron chi connectivity index (χ2n) is 4.94. The number of rotatable bonds is 1. The van der Waals surface area contributed by atoms with Crippen LogP contribution in [0.25, 0.3) is 0 Å². The maximum Gasteiger partial charge on any atom is 0.306 e. The van der Waals surface area contributed by atoms with Crippen LogP contribution in [0.5, 0.6) is 0 Å². The second kappa shape index (κ2) is 3.89. The molecule has 0 amide bonds. The zero-order valence-electron chi connectivity index (χ0n) is 8.48. The van der Waals surface area contributed by atoms with Crippen molar-refractivity contribution in [2.24, 2.45) is 23.5 Å². The van der Waals surface area contributed by atoms with Gasteiger partial charge in [0.2, 0.25) is 0 Å². The molecule has 3 nitrogen and oxygen atoms in total. The summed E-state index contributed by atoms with van der Waals surface area (Å²) < 4.78 is 0. The molecule has 14 heavy (non-hydrogen) atoms. The van der Waals surface area contributed by atoms with Crippen molar-refractivity contribution in [3.05, 3.63) is 0 Å². The van der Waals surface area contributed by atoms with Crippen molar-refractivity contribution in [3.63, 3.8) is 0 Å². The van der Waals surface area contributed by atoms with Crippen LogP contribution in [-0.4, -0.2) is 17.1 Å². The van der Waals surface area contributed by atoms with Crippen molar-refractivity contribution >= 4 is 5.97 Å². The summed E-state index contributed by atoms with van der Waals surface area (Å²) >= 11 is 0. The van der Waals surface area contributed by atoms with Gasteiger partial charge in [-0.2, -0.15) is 0 Å². The van der Waals surface area contributed by atoms with Crippen LogP contribution in [-0.2, 0) is 4.79 Å². The van der Waals surface area contributed by atoms with E-state index < -0.39 is 5.97 Å². The molecular weight excluding hydrogens is 178 g/mol. The van der Waals surface area contributed by atoms with Crippen LogP contribution >= 0.6 is 0 Å². The fraction of sp³-hybridized carbons (Fsp3) is 0.909. The number of fused-ring (bicyclic) bond motifs is 1. The van der Waals surface area contributed by atoms with Gasteiger partial charge in [-0.15, -0.1) is 0 Å². The molecule has 3 N–H and O–H groups in total. The van der Waals surface area contributed by atoms with E-state index in [4.69, 9.17) is 10.8 Å². The van der Waals surface area contributed by atoms with Gasteiger partial charge in [0.1, 0.15) is 0 Å². The lowest BCUT2D eigenvalue weighted by Crippen LogP contribution is -2.38. The van der Waals surface area contributed by atoms with Crippen LogP contribution in [0.3, 0.4) is 0 Å². The number of carboxylic acids is 1. The minimum absolute atomic E-state index is 0.0782. The number of aliphatic carboxylic acids is 1. The highest BCUT2D eigenvalue weighted by Gasteiger charge is 2.36. The first-order valence-corrected chi connectivity index (χ1v) is 5.65. The predicted octanol–water partition coefficient (Wildman–Crippen LogP) is 1.61. The first-order valence-electron chi connectivity index (χ1n) is 5.65. The summed E-state index contributed by atoms with van der Waals surface area (Å²) in [5, 5.41) is 8.96. The molecule has 2 fully saturated rings. The zero-order chi connectivity index (χ0) is 10.1. The molecule has 0 bridgehead atoms. The first kappa shape index (κ1) is 9.97. The average molecular weight is 197 g/mol. The number of nitrogens with two attached hydrogens (primary N) is 1. The zero-order valence-corrected chi connectivity index (χ0v) is 8.48. The standard InChI is InChI=1S/C11H19NO2/c12-10-4-3-7-5-9(11(13)14)2-1-8(7)6-10/h7-10H,1-6,12H2,(H,13,14). The number of carboxylic acid groups (broad SMARTS) is 1. The lowest BCUT2D eigenvalue weighted by atomic mass is 9.66. The van der Waals surface area contributed by atoms with Gasteiger partial charge in [0.15, 0.2) is 0 Å². The van der Waals surface area contributed by atoms with Crippen LogP contribution in [0, 0.1) is 17.8 Å². The normalized spacial score (nSPS) is 42.9. The molecule has 4 unspecified atom stereocenters. The fourth-order valence-corrected chi connectivity index (χ4v) is 3.15. The molecule has 2 aliphatic carbocycles. The summed E-state index contributed by atoms with van der Waals surface area (Å²) in [6, 6.07) is 0.373. The molecule has 0 aromatic heterocycles. The third-order valence-corrected chi connectivity index (χ3v) is 4.00. The summed E-state index contributed by atoms with van der Waals surface area (Å²) in [4.78, 5) is 10.9. The van der Waals surface area contributed by atoms with Gasteiger partial charge in [-0.1, -0.05) is 0 Å². The van der Waals surface area contributed by atoms with Crippen molar-refractivity contribution in [3.8, 4) is 0 Å². The largest absolute Gasteiger partial charge is 0.481 e. The van der Waals surface area contributed by atoms with Gasteiger partial charge in [-0.3, -0.25) is 4.79 Å². The number of hydrogen-bond acceptors (Lipinski definition) is 2. The molecular formula is C11H19NO2. The van der Waals surface area contributed by atoms with Gasteiger partial charge >= 0.3 is 5.97 Å². The van der Waals surface area contributed by atoms with E-state index in [1.54, 1.807) is 0 Å². The molecule has 2 aliphatic rings. The Morgan fingerprint density at radius 2 is 1.71 bits per heavy atom. The van der Waals surface area contributed by atoms with Gasteiger partial charge in [0.05, 0.1) is 5.92 Å². The Bertz CT molecular complexity index is 229. The van der Waals surface area contributed by atoms with Gasteiger partial charge in [0, 0.05) is 6.04 Å². The summed E-state index contributed by atoms with van der Waals surface area (Å²) in [6.07, 6.45) is 6.20. The maximum atomic E-state index is 10.9. The molecule has 0 saturated heterocycles. The molecule has 0 radical (unpaired) electrons. The topological polar surface area (TPSA) is 63.3 Å². The van der Waals surface area contributed by atoms with Crippen LogP contribution in [0.1, 0.15) is 38.5 Å². The minimum atomic E-state index is -0.599. The first-order chi connectivity index (χ1) is 6.66. The Morgan fingerprint density at radius 1 is 1.07 bits per heavy atom. The van der Waals surface area contributed by atoms with Crippen molar-refractivity contribution in [1.29, 1.82) is 0 Å². The molecule has 0 aromatic rings. The van der Waals surface area contributed by atoms with Gasteiger partial charge < -0.3 is 10.8 Å². The molecule has 0 heterocycles. The van der Waals surface area contributed by atoms with E-state index in [0.717, 1.165) is 38.5 Å². The quantitative estimate of drug-likeness (QED) is 0.671. The summed E-state index contributed by atoms with van der Waals surface area (Å²) in [7, 11) is 0. The van der Waals surface area contributed by atoms with Crippen molar-refractivity contribution in [1.82, 2.24) is 0 Å². The summed E-state index contributed by atoms with van der Waals surface area (Å²) in [5.41, 5.74) is 5.92. The van der Waals surface area contributed by atoms with E-state index in [0.29, 0.717) is 17.9 Å². The van der Waals surface area contributed by atoms with Crippen LogP contribution < -0.4 is 5.73 Å². The van der Waals surface area contributed by atoms with Crippen molar-refractivity contribution in [2.75, 3.05) is 0 Å². The van der Waals surface area contributed by atoms with Gasteiger partial charge in [-0.25, -0.2) is 0 Å². The average Bonchev–Trinajstić information content (AvgIpc) is 2.16. The monoisotopic (exact) mass is 197 g/mol. The van der Waals surface area contributed by atoms with E-state index in [9.17, 15) is 4.79 Å². The highest BCUT2D eigenvalue weighted by molar-refractivity contribution is 5.70. The molecule has 0 spiro atoms. The molecule has 0 aliphatic heterocycles. The third-order valence-electron chi connectivity index (χ3n) is 4.00. The molecule has 2 rings (SSSR count). The van der Waals surface area contributed by atoms with Gasteiger partial charge in [0.25, 0.3) is 0 Å². The van der Waals surface area contributed by atoms with Crippen LogP contribution in [0.15, 0.2) is 0 Å². The summed E-state index contributed by atoms with van der Waals surface area (Å²) in [6.45, 7) is 0. The van der Waals surface area contributed by atoms with Crippen LogP contribution in [0.2, 0.25) is 0 Å². The number of hydrogen-bond donors (Lipinski definition) is 2. The van der Waals surface area contributed by atoms with E-state index in [2.05, 4.69) is 0 Å². The van der Waals surface area contributed by atoms with E-state index in [1.807, 2.05) is 0 Å². The van der Waals surface area contributed by atoms with E-state index >= 15 is 0 Å². The van der Waals surface area contributed by atoms with E-state index in [-0.39, 0.29) is 5.92 Å². The molecule has 2 saturated carbocycles. The molecule has 0 aromatic carbocycles. The SMILES string of the molecule is NC1CCC2CC(C(=O)O)CCC2C1. The highest BCUT2D eigenvalue weighted by atomic mass is 16.4. The fourth-order valence-electron chi connectivity index (χ4n) is 3.15. The Balaban J connectivity index is 1.94. The lowest BCUT2D eigenvalue weighted by molar-refractivity contribution is -0.144. The van der Waals surface area contributed by atoms with Crippen LogP contribution in [0.4, 0.5) is 0 Å². The molecule has 3 heteroatoms. The Kier molecular flexibility index (Phi) is 2.77. The lowest BCUT2D eigenvalue weighted by Gasteiger charge is -2.40. The Hall–Kier alpha value is -0.570. The minimum Gasteiger partial charge on any atom is -0.481 e. The number of carbonyl (C=O) groups is 1. The highest BCUT2D eigenvalue weighted by Crippen LogP contribution is 2.42. The maximum absolute atomic E-state index is 10.9. The van der Waals surface area contributed by atoms with Crippen molar-refractivity contribution in [2.45, 2.75) is 44.6 Å². The summed E-state index contributed by atoms with van der Waals surface area (Å²) in [5.74, 6) is 0.683. The smallest absolute Gasteiger partial charge is 0.306 e. The molecule has 80 valence electrons. The van der Waals surface area contributed by atoms with Crippen molar-refractivity contribution < 1.29 is 9.90 Å². The second-order valence-corrected chi connectivity index (χ2v) is 4.94. The predicted molar refractivity (Wildman–Crippen MR) is 53.8 cm³/mol. The van der Waals surface area contributed by atoms with E-state index in [1.165, 1.54) is 0 Å². The third kappa shape index (κ3) is 1.92.